The molecule has 26 heavy (non-hydrogen) atoms. The fourth-order valence-electron chi connectivity index (χ4n) is 2.47. The molecular formula is C18H19ClN2O4S. The van der Waals surface area contributed by atoms with E-state index in [1.165, 1.54) is 0 Å². The zero-order chi connectivity index (χ0) is 18.9. The summed E-state index contributed by atoms with van der Waals surface area (Å²) in [4.78, 5) is 12.2. The molecule has 0 fully saturated rings. The SMILES string of the molecule is CC1(C)COc2ccc(NS(=O)(=O)Cc3ccccc3Cl)cc2NC1=O. The van der Waals surface area contributed by atoms with Gasteiger partial charge in [-0.1, -0.05) is 29.8 Å². The molecule has 0 saturated carbocycles. The third-order valence-electron chi connectivity index (χ3n) is 4.01. The number of anilines is 2. The molecule has 3 rings (SSSR count). The van der Waals surface area contributed by atoms with Gasteiger partial charge in [-0.25, -0.2) is 8.42 Å². The minimum absolute atomic E-state index is 0.188. The van der Waals surface area contributed by atoms with Crippen molar-refractivity contribution in [1.29, 1.82) is 0 Å². The van der Waals surface area contributed by atoms with Crippen molar-refractivity contribution in [3.8, 4) is 5.75 Å². The monoisotopic (exact) mass is 394 g/mol. The summed E-state index contributed by atoms with van der Waals surface area (Å²) in [7, 11) is -3.67. The number of nitrogens with one attached hydrogen (secondary N) is 2. The number of carbonyl (C=O) groups is 1. The molecule has 138 valence electrons. The first-order chi connectivity index (χ1) is 12.2. The smallest absolute Gasteiger partial charge is 0.236 e. The molecule has 0 atom stereocenters. The molecule has 0 aliphatic carbocycles. The van der Waals surface area contributed by atoms with Gasteiger partial charge in [0.05, 0.1) is 22.5 Å². The van der Waals surface area contributed by atoms with Crippen LogP contribution in [-0.4, -0.2) is 20.9 Å². The van der Waals surface area contributed by atoms with Gasteiger partial charge in [0.25, 0.3) is 0 Å². The van der Waals surface area contributed by atoms with E-state index >= 15 is 0 Å². The predicted octanol–water partition coefficient (Wildman–Crippen LogP) is 3.64. The van der Waals surface area contributed by atoms with E-state index in [-0.39, 0.29) is 18.3 Å². The summed E-state index contributed by atoms with van der Waals surface area (Å²) < 4.78 is 33.0. The summed E-state index contributed by atoms with van der Waals surface area (Å²) in [5.41, 5.74) is 0.593. The van der Waals surface area contributed by atoms with Crippen LogP contribution in [0.15, 0.2) is 42.5 Å². The van der Waals surface area contributed by atoms with Gasteiger partial charge >= 0.3 is 0 Å². The minimum atomic E-state index is -3.67. The number of halogens is 1. The first-order valence-corrected chi connectivity index (χ1v) is 10.0. The Morgan fingerprint density at radius 3 is 2.69 bits per heavy atom. The molecule has 0 saturated heterocycles. The topological polar surface area (TPSA) is 84.5 Å². The largest absolute Gasteiger partial charge is 0.490 e. The summed E-state index contributed by atoms with van der Waals surface area (Å²) in [6.45, 7) is 3.80. The van der Waals surface area contributed by atoms with Crippen LogP contribution >= 0.6 is 11.6 Å². The third kappa shape index (κ3) is 4.11. The molecule has 6 nitrogen and oxygen atoms in total. The van der Waals surface area contributed by atoms with Crippen molar-refractivity contribution in [2.45, 2.75) is 19.6 Å². The zero-order valence-corrected chi connectivity index (χ0v) is 15.9. The summed E-state index contributed by atoms with van der Waals surface area (Å²) in [6, 6.07) is 11.5. The van der Waals surface area contributed by atoms with E-state index in [0.29, 0.717) is 27.7 Å². The number of hydrogen-bond acceptors (Lipinski definition) is 4. The summed E-state index contributed by atoms with van der Waals surface area (Å²) in [6.07, 6.45) is 0. The molecule has 1 aliphatic heterocycles. The van der Waals surface area contributed by atoms with E-state index in [9.17, 15) is 13.2 Å². The van der Waals surface area contributed by atoms with Gasteiger partial charge in [-0.15, -0.1) is 0 Å². The first-order valence-electron chi connectivity index (χ1n) is 7.98. The Balaban J connectivity index is 1.81. The number of amides is 1. The molecule has 0 aromatic heterocycles. The Morgan fingerprint density at radius 2 is 1.96 bits per heavy atom. The molecule has 0 unspecified atom stereocenters. The molecule has 0 bridgehead atoms. The lowest BCUT2D eigenvalue weighted by Crippen LogP contribution is -2.33. The summed E-state index contributed by atoms with van der Waals surface area (Å²) >= 11 is 6.03. The molecule has 2 aromatic rings. The highest BCUT2D eigenvalue weighted by Crippen LogP contribution is 2.34. The lowest BCUT2D eigenvalue weighted by molar-refractivity contribution is -0.124. The van der Waals surface area contributed by atoms with Gasteiger partial charge in [0.1, 0.15) is 12.4 Å². The molecule has 1 heterocycles. The number of sulfonamides is 1. The van der Waals surface area contributed by atoms with Crippen molar-refractivity contribution in [3.05, 3.63) is 53.1 Å². The van der Waals surface area contributed by atoms with Crippen molar-refractivity contribution >= 4 is 38.9 Å². The summed E-state index contributed by atoms with van der Waals surface area (Å²) in [5, 5.41) is 3.17. The number of carbonyl (C=O) groups excluding carboxylic acids is 1. The van der Waals surface area contributed by atoms with Gasteiger partial charge in [-0.2, -0.15) is 0 Å². The Hall–Kier alpha value is -2.25. The fraction of sp³-hybridized carbons (Fsp3) is 0.278. The highest BCUT2D eigenvalue weighted by molar-refractivity contribution is 7.91. The Morgan fingerprint density at radius 1 is 1.23 bits per heavy atom. The van der Waals surface area contributed by atoms with Crippen molar-refractivity contribution in [1.82, 2.24) is 0 Å². The van der Waals surface area contributed by atoms with Gasteiger partial charge in [0.15, 0.2) is 0 Å². The lowest BCUT2D eigenvalue weighted by Gasteiger charge is -2.18. The minimum Gasteiger partial charge on any atom is -0.490 e. The quantitative estimate of drug-likeness (QED) is 0.829. The van der Waals surface area contributed by atoms with E-state index in [1.807, 2.05) is 0 Å². The highest BCUT2D eigenvalue weighted by Gasteiger charge is 2.32. The van der Waals surface area contributed by atoms with Crippen LogP contribution < -0.4 is 14.8 Å². The molecule has 2 aromatic carbocycles. The maximum absolute atomic E-state index is 12.4. The van der Waals surface area contributed by atoms with Gasteiger partial charge in [0.2, 0.25) is 15.9 Å². The second-order valence-electron chi connectivity index (χ2n) is 6.79. The number of fused-ring (bicyclic) bond motifs is 1. The molecule has 1 aliphatic rings. The Labute approximate surface area is 157 Å². The number of ether oxygens (including phenoxy) is 1. The zero-order valence-electron chi connectivity index (χ0n) is 14.4. The molecule has 0 spiro atoms. The first kappa shape index (κ1) is 18.5. The van der Waals surface area contributed by atoms with E-state index in [1.54, 1.807) is 56.3 Å². The number of benzene rings is 2. The predicted molar refractivity (Wildman–Crippen MR) is 102 cm³/mol. The van der Waals surface area contributed by atoms with E-state index in [4.69, 9.17) is 16.3 Å². The van der Waals surface area contributed by atoms with Crippen LogP contribution in [0, 0.1) is 5.41 Å². The average molecular weight is 395 g/mol. The van der Waals surface area contributed by atoms with Gasteiger partial charge in [0, 0.05) is 5.02 Å². The van der Waals surface area contributed by atoms with Crippen LogP contribution in [0.4, 0.5) is 11.4 Å². The average Bonchev–Trinajstić information content (AvgIpc) is 2.66. The molecule has 1 amide bonds. The van der Waals surface area contributed by atoms with Crippen LogP contribution in [0.3, 0.4) is 0 Å². The Kier molecular flexibility index (Phi) is 4.86. The van der Waals surface area contributed by atoms with Crippen LogP contribution in [0.1, 0.15) is 19.4 Å². The van der Waals surface area contributed by atoms with E-state index < -0.39 is 15.4 Å². The second kappa shape index (κ2) is 6.81. The second-order valence-corrected chi connectivity index (χ2v) is 8.92. The third-order valence-corrected chi connectivity index (χ3v) is 5.61. The Bertz CT molecular complexity index is 957. The van der Waals surface area contributed by atoms with Crippen LogP contribution in [0.2, 0.25) is 5.02 Å². The van der Waals surface area contributed by atoms with Crippen molar-refractivity contribution in [2.24, 2.45) is 5.41 Å². The molecule has 8 heteroatoms. The van der Waals surface area contributed by atoms with Crippen LogP contribution in [0.5, 0.6) is 5.75 Å². The van der Waals surface area contributed by atoms with Crippen LogP contribution in [-0.2, 0) is 20.6 Å². The van der Waals surface area contributed by atoms with E-state index in [2.05, 4.69) is 10.0 Å². The molecule has 2 N–H and O–H groups in total. The van der Waals surface area contributed by atoms with Gasteiger partial charge in [-0.3, -0.25) is 9.52 Å². The standard InChI is InChI=1S/C18H19ClN2O4S/c1-18(2)11-25-16-8-7-13(9-15(16)20-17(18)22)21-26(23,24)10-12-5-3-4-6-14(12)19/h3-9,21H,10-11H2,1-2H3,(H,20,22). The van der Waals surface area contributed by atoms with Crippen molar-refractivity contribution in [3.63, 3.8) is 0 Å². The highest BCUT2D eigenvalue weighted by atomic mass is 35.5. The summed E-state index contributed by atoms with van der Waals surface area (Å²) in [5.74, 6) is 0.0601. The maximum atomic E-state index is 12.4. The molecule has 0 radical (unpaired) electrons. The number of hydrogen-bond donors (Lipinski definition) is 2. The lowest BCUT2D eigenvalue weighted by atomic mass is 9.94. The van der Waals surface area contributed by atoms with Gasteiger partial charge < -0.3 is 10.1 Å². The van der Waals surface area contributed by atoms with Crippen molar-refractivity contribution in [2.75, 3.05) is 16.6 Å². The van der Waals surface area contributed by atoms with Crippen LogP contribution in [0.25, 0.3) is 0 Å². The number of rotatable bonds is 4. The maximum Gasteiger partial charge on any atom is 0.236 e. The molecular weight excluding hydrogens is 376 g/mol. The van der Waals surface area contributed by atoms with E-state index in [0.717, 1.165) is 0 Å². The fourth-order valence-corrected chi connectivity index (χ4v) is 3.97. The van der Waals surface area contributed by atoms with Crippen molar-refractivity contribution < 1.29 is 17.9 Å². The van der Waals surface area contributed by atoms with Gasteiger partial charge in [-0.05, 0) is 43.7 Å². The normalized spacial score (nSPS) is 16.0.